The fraction of sp³-hybridized carbons (Fsp3) is 0.682. The van der Waals surface area contributed by atoms with Crippen LogP contribution >= 0.6 is 11.3 Å². The maximum absolute atomic E-state index is 12.6. The molecule has 0 saturated carbocycles. The Morgan fingerprint density at radius 1 is 0.969 bits per heavy atom. The topological polar surface area (TPSA) is 103 Å². The number of hydrogen-bond acceptors (Lipinski definition) is 7. The van der Waals surface area contributed by atoms with Gasteiger partial charge in [-0.3, -0.25) is 5.32 Å². The van der Waals surface area contributed by atoms with Crippen molar-refractivity contribution in [2.75, 3.05) is 25.1 Å². The Morgan fingerprint density at radius 2 is 1.50 bits per heavy atom. The first-order chi connectivity index (χ1) is 14.6. The number of esters is 2. The highest BCUT2D eigenvalue weighted by Gasteiger charge is 2.41. The van der Waals surface area contributed by atoms with E-state index >= 15 is 0 Å². The Morgan fingerprint density at radius 3 is 2.00 bits per heavy atom. The van der Waals surface area contributed by atoms with Crippen LogP contribution < -0.4 is 10.6 Å². The molecule has 1 aromatic rings. The summed E-state index contributed by atoms with van der Waals surface area (Å²) in [7, 11) is -2.03. The summed E-state index contributed by atoms with van der Waals surface area (Å²) in [5.74, 6) is -1.15. The number of anilines is 1. The molecule has 10 heteroatoms. The van der Waals surface area contributed by atoms with Gasteiger partial charge in [0.15, 0.2) is 8.32 Å². The van der Waals surface area contributed by atoms with Gasteiger partial charge in [-0.2, -0.15) is 0 Å². The molecule has 0 aliphatic rings. The summed E-state index contributed by atoms with van der Waals surface area (Å²) in [5, 5.41) is 5.78. The van der Waals surface area contributed by atoms with Crippen LogP contribution in [-0.4, -0.2) is 51.6 Å². The lowest BCUT2D eigenvalue weighted by atomic mass is 10.1. The molecule has 32 heavy (non-hydrogen) atoms. The van der Waals surface area contributed by atoms with Crippen molar-refractivity contribution in [3.05, 3.63) is 16.0 Å². The molecule has 0 fully saturated rings. The molecule has 0 aliphatic carbocycles. The van der Waals surface area contributed by atoms with Gasteiger partial charge in [-0.25, -0.2) is 14.4 Å². The first kappa shape index (κ1) is 28.1. The zero-order chi connectivity index (χ0) is 24.9. The van der Waals surface area contributed by atoms with E-state index in [-0.39, 0.29) is 40.2 Å². The van der Waals surface area contributed by atoms with Gasteiger partial charge >= 0.3 is 18.0 Å². The molecule has 0 atom stereocenters. The quantitative estimate of drug-likeness (QED) is 0.361. The van der Waals surface area contributed by atoms with Crippen LogP contribution in [0.25, 0.3) is 0 Å². The zero-order valence-corrected chi connectivity index (χ0v) is 22.8. The van der Waals surface area contributed by atoms with E-state index in [9.17, 15) is 14.4 Å². The van der Waals surface area contributed by atoms with Gasteiger partial charge in [0.25, 0.3) is 0 Å². The van der Waals surface area contributed by atoms with E-state index in [0.29, 0.717) is 5.56 Å². The van der Waals surface area contributed by atoms with Crippen molar-refractivity contribution in [3.8, 4) is 0 Å². The number of thiophene rings is 1. The van der Waals surface area contributed by atoms with E-state index in [0.717, 1.165) is 11.3 Å². The summed E-state index contributed by atoms with van der Waals surface area (Å²) >= 11 is 0.992. The normalized spacial score (nSPS) is 12.3. The van der Waals surface area contributed by atoms with Crippen molar-refractivity contribution in [1.82, 2.24) is 5.32 Å². The van der Waals surface area contributed by atoms with Crippen LogP contribution in [0.4, 0.5) is 9.80 Å². The van der Waals surface area contributed by atoms with Gasteiger partial charge in [-0.05, 0) is 58.3 Å². The smallest absolute Gasteiger partial charge is 0.348 e. The molecule has 1 rings (SSSR count). The highest BCUT2D eigenvalue weighted by molar-refractivity contribution is 7.18. The number of hydrogen-bond donors (Lipinski definition) is 2. The minimum atomic E-state index is -2.03. The number of carbonyl (C=O) groups excluding carboxylic acids is 3. The van der Waals surface area contributed by atoms with Gasteiger partial charge in [0.05, 0.1) is 24.4 Å². The Balaban J connectivity index is 3.01. The van der Waals surface area contributed by atoms with Crippen molar-refractivity contribution in [2.24, 2.45) is 0 Å². The van der Waals surface area contributed by atoms with Crippen molar-refractivity contribution >= 4 is 42.6 Å². The first-order valence-corrected chi connectivity index (χ1v) is 14.5. The predicted octanol–water partition coefficient (Wildman–Crippen LogP) is 5.33. The van der Waals surface area contributed by atoms with Gasteiger partial charge < -0.3 is 19.2 Å². The largest absolute Gasteiger partial charge is 0.462 e. The SMILES string of the molecule is CCOC(=O)c1sc(NC(=O)NCC(C)(C)O[Si](C)(C)C(C)(C)C)c(C(=O)OCC)c1C. The Kier molecular flexibility index (Phi) is 9.49. The van der Waals surface area contributed by atoms with Crippen LogP contribution in [0.5, 0.6) is 0 Å². The fourth-order valence-corrected chi connectivity index (χ4v) is 5.61. The second-order valence-corrected chi connectivity index (χ2v) is 15.4. The number of rotatable bonds is 9. The van der Waals surface area contributed by atoms with E-state index in [2.05, 4.69) is 44.5 Å². The predicted molar refractivity (Wildman–Crippen MR) is 130 cm³/mol. The molecular weight excluding hydrogens is 448 g/mol. The molecule has 0 spiro atoms. The average molecular weight is 487 g/mol. The molecule has 0 unspecified atom stereocenters. The Bertz CT molecular complexity index is 842. The third kappa shape index (κ3) is 7.31. The van der Waals surface area contributed by atoms with Gasteiger partial charge in [0.2, 0.25) is 0 Å². The summed E-state index contributed by atoms with van der Waals surface area (Å²) in [5.41, 5.74) is 0.00168. The van der Waals surface area contributed by atoms with Crippen LogP contribution in [0, 0.1) is 6.92 Å². The lowest BCUT2D eigenvalue weighted by Gasteiger charge is -2.42. The summed E-state index contributed by atoms with van der Waals surface area (Å²) in [6.45, 7) is 20.3. The number of amides is 2. The molecule has 1 aromatic heterocycles. The molecule has 0 aromatic carbocycles. The molecule has 0 bridgehead atoms. The number of nitrogens with one attached hydrogen (secondary N) is 2. The van der Waals surface area contributed by atoms with Crippen LogP contribution in [0.1, 0.15) is 74.1 Å². The van der Waals surface area contributed by atoms with Gasteiger partial charge in [-0.1, -0.05) is 20.8 Å². The molecule has 0 saturated heterocycles. The third-order valence-electron chi connectivity index (χ3n) is 5.33. The molecule has 2 amide bonds. The third-order valence-corrected chi connectivity index (χ3v) is 11.2. The fourth-order valence-electron chi connectivity index (χ4n) is 2.76. The number of carbonyl (C=O) groups is 3. The lowest BCUT2D eigenvalue weighted by molar-refractivity contribution is 0.0527. The van der Waals surface area contributed by atoms with Crippen molar-refractivity contribution in [3.63, 3.8) is 0 Å². The number of ether oxygens (including phenoxy) is 2. The van der Waals surface area contributed by atoms with Crippen LogP contribution in [0.15, 0.2) is 0 Å². The van der Waals surface area contributed by atoms with Gasteiger partial charge in [-0.15, -0.1) is 11.3 Å². The maximum atomic E-state index is 12.6. The average Bonchev–Trinajstić information content (AvgIpc) is 2.95. The van der Waals surface area contributed by atoms with E-state index in [1.54, 1.807) is 20.8 Å². The number of urea groups is 1. The van der Waals surface area contributed by atoms with Crippen molar-refractivity contribution in [2.45, 2.75) is 79.1 Å². The van der Waals surface area contributed by atoms with Gasteiger partial charge in [0, 0.05) is 6.54 Å². The van der Waals surface area contributed by atoms with Gasteiger partial charge in [0.1, 0.15) is 9.88 Å². The Hall–Kier alpha value is -1.91. The second kappa shape index (κ2) is 10.8. The lowest BCUT2D eigenvalue weighted by Crippen LogP contribution is -2.52. The maximum Gasteiger partial charge on any atom is 0.348 e. The molecule has 182 valence electrons. The molecule has 2 N–H and O–H groups in total. The van der Waals surface area contributed by atoms with E-state index in [1.165, 1.54) is 0 Å². The molecule has 8 nitrogen and oxygen atoms in total. The van der Waals surface area contributed by atoms with Crippen LogP contribution in [-0.2, 0) is 13.9 Å². The summed E-state index contributed by atoms with van der Waals surface area (Å²) in [4.78, 5) is 37.6. The second-order valence-electron chi connectivity index (χ2n) is 9.63. The Labute approximate surface area is 196 Å². The summed E-state index contributed by atoms with van der Waals surface area (Å²) in [6, 6.07) is -0.501. The van der Waals surface area contributed by atoms with E-state index < -0.39 is 31.9 Å². The minimum Gasteiger partial charge on any atom is -0.462 e. The monoisotopic (exact) mass is 486 g/mol. The van der Waals surface area contributed by atoms with E-state index in [4.69, 9.17) is 13.9 Å². The van der Waals surface area contributed by atoms with E-state index in [1.807, 2.05) is 13.8 Å². The summed E-state index contributed by atoms with van der Waals surface area (Å²) in [6.07, 6.45) is 0. The molecule has 0 radical (unpaired) electrons. The molecule has 0 aliphatic heterocycles. The standard InChI is InChI=1S/C22H38N2O6SSi/c1-11-28-18(25)15-14(3)16(19(26)29-12-2)31-17(15)24-20(27)23-13-22(7,8)30-32(9,10)21(4,5)6/h11-13H2,1-10H3,(H2,23,24,27). The summed E-state index contributed by atoms with van der Waals surface area (Å²) < 4.78 is 16.6. The van der Waals surface area contributed by atoms with Crippen molar-refractivity contribution in [1.29, 1.82) is 0 Å². The van der Waals surface area contributed by atoms with Crippen LogP contribution in [0.2, 0.25) is 18.1 Å². The van der Waals surface area contributed by atoms with Crippen molar-refractivity contribution < 1.29 is 28.3 Å². The molecular formula is C22H38N2O6SSi. The molecule has 1 heterocycles. The highest BCUT2D eigenvalue weighted by Crippen LogP contribution is 2.39. The highest BCUT2D eigenvalue weighted by atomic mass is 32.1. The minimum absolute atomic E-state index is 0.0407. The first-order valence-electron chi connectivity index (χ1n) is 10.8. The zero-order valence-electron chi connectivity index (χ0n) is 21.0. The van der Waals surface area contributed by atoms with Crippen LogP contribution in [0.3, 0.4) is 0 Å².